The van der Waals surface area contributed by atoms with Crippen LogP contribution in [0.4, 0.5) is 0 Å². The highest BCUT2D eigenvalue weighted by molar-refractivity contribution is 7.09. The Hall–Kier alpha value is -0.900. The maximum Gasteiger partial charge on any atom is 0.0982 e. The van der Waals surface area contributed by atoms with Gasteiger partial charge in [-0.1, -0.05) is 50.6 Å². The van der Waals surface area contributed by atoms with E-state index in [1.54, 1.807) is 11.3 Å². The summed E-state index contributed by atoms with van der Waals surface area (Å²) in [5.41, 5.74) is 2.44. The Morgan fingerprint density at radius 3 is 2.62 bits per heavy atom. The van der Waals surface area contributed by atoms with Gasteiger partial charge in [-0.25, -0.2) is 4.98 Å². The minimum absolute atomic E-state index is 0.131. The summed E-state index contributed by atoms with van der Waals surface area (Å²) in [6.45, 7) is 9.58. The molecule has 0 aliphatic rings. The van der Waals surface area contributed by atoms with Crippen molar-refractivity contribution in [2.45, 2.75) is 52.1 Å². The molecule has 0 amide bonds. The topological polar surface area (TPSA) is 24.9 Å². The van der Waals surface area contributed by atoms with Gasteiger partial charge in [-0.15, -0.1) is 11.3 Å². The number of nitrogens with zero attached hydrogens (tertiary/aromatic N) is 1. The molecule has 2 aromatic rings. The van der Waals surface area contributed by atoms with Crippen molar-refractivity contribution >= 4 is 22.9 Å². The lowest BCUT2D eigenvalue weighted by Gasteiger charge is -2.15. The first-order valence-electron chi connectivity index (χ1n) is 7.28. The van der Waals surface area contributed by atoms with Gasteiger partial charge < -0.3 is 5.32 Å². The number of hydrogen-bond acceptors (Lipinski definition) is 3. The lowest BCUT2D eigenvalue weighted by Crippen LogP contribution is -2.27. The van der Waals surface area contributed by atoms with Crippen molar-refractivity contribution in [3.05, 3.63) is 50.9 Å². The van der Waals surface area contributed by atoms with E-state index in [4.69, 9.17) is 16.6 Å². The van der Waals surface area contributed by atoms with Gasteiger partial charge in [-0.05, 0) is 25.0 Å². The molecule has 114 valence electrons. The Morgan fingerprint density at radius 1 is 1.29 bits per heavy atom. The van der Waals surface area contributed by atoms with E-state index >= 15 is 0 Å². The molecule has 0 saturated carbocycles. The first kappa shape index (κ1) is 16.5. The molecule has 2 nitrogen and oxygen atoms in total. The Morgan fingerprint density at radius 2 is 2.00 bits per heavy atom. The van der Waals surface area contributed by atoms with Crippen molar-refractivity contribution < 1.29 is 0 Å². The van der Waals surface area contributed by atoms with Gasteiger partial charge in [0, 0.05) is 28.4 Å². The fraction of sp³-hybridized carbons (Fsp3) is 0.471. The van der Waals surface area contributed by atoms with E-state index in [2.05, 4.69) is 44.5 Å². The number of aromatic nitrogens is 1. The monoisotopic (exact) mass is 322 g/mol. The van der Waals surface area contributed by atoms with Crippen LogP contribution in [0.1, 0.15) is 44.0 Å². The minimum atomic E-state index is 0.131. The Kier molecular flexibility index (Phi) is 5.42. The van der Waals surface area contributed by atoms with Gasteiger partial charge in [-0.2, -0.15) is 0 Å². The third-order valence-electron chi connectivity index (χ3n) is 3.31. The van der Waals surface area contributed by atoms with Gasteiger partial charge in [0.25, 0.3) is 0 Å². The van der Waals surface area contributed by atoms with Gasteiger partial charge in [-0.3, -0.25) is 0 Å². The fourth-order valence-electron chi connectivity index (χ4n) is 2.08. The van der Waals surface area contributed by atoms with Crippen LogP contribution < -0.4 is 5.32 Å². The highest BCUT2D eigenvalue weighted by atomic mass is 35.5. The van der Waals surface area contributed by atoms with Crippen LogP contribution in [-0.4, -0.2) is 11.0 Å². The first-order valence-corrected chi connectivity index (χ1v) is 8.53. The second kappa shape index (κ2) is 6.91. The van der Waals surface area contributed by atoms with Crippen LogP contribution >= 0.6 is 22.9 Å². The van der Waals surface area contributed by atoms with Crippen molar-refractivity contribution in [3.63, 3.8) is 0 Å². The average Bonchev–Trinajstić information content (AvgIpc) is 2.88. The molecule has 0 fully saturated rings. The van der Waals surface area contributed by atoms with Gasteiger partial charge in [0.2, 0.25) is 0 Å². The maximum absolute atomic E-state index is 6.20. The summed E-state index contributed by atoms with van der Waals surface area (Å²) in [5, 5.41) is 7.71. The standard InChI is InChI=1S/C17H23ClN2S/c1-12(9-13-7-5-6-8-15(13)18)19-10-14-11-21-16(20-14)17(2,3)4/h5-8,11-12,19H,9-10H2,1-4H3. The van der Waals surface area contributed by atoms with Gasteiger partial charge in [0.05, 0.1) is 10.7 Å². The summed E-state index contributed by atoms with van der Waals surface area (Å²) < 4.78 is 0. The van der Waals surface area contributed by atoms with Gasteiger partial charge in [0.15, 0.2) is 0 Å². The van der Waals surface area contributed by atoms with E-state index in [1.165, 1.54) is 10.6 Å². The number of thiazole rings is 1. The molecular weight excluding hydrogens is 300 g/mol. The minimum Gasteiger partial charge on any atom is -0.308 e. The van der Waals surface area contributed by atoms with Crippen LogP contribution in [0.25, 0.3) is 0 Å². The zero-order valence-electron chi connectivity index (χ0n) is 13.1. The molecule has 1 atom stereocenters. The van der Waals surface area contributed by atoms with Crippen LogP contribution in [0.15, 0.2) is 29.6 Å². The summed E-state index contributed by atoms with van der Waals surface area (Å²) >= 11 is 7.94. The van der Waals surface area contributed by atoms with Gasteiger partial charge >= 0.3 is 0 Å². The summed E-state index contributed by atoms with van der Waals surface area (Å²) in [7, 11) is 0. The van der Waals surface area contributed by atoms with E-state index in [0.29, 0.717) is 6.04 Å². The molecule has 1 aromatic heterocycles. The SMILES string of the molecule is CC(Cc1ccccc1Cl)NCc1csc(C(C)(C)C)n1. The second-order valence-corrected chi connectivity index (χ2v) is 7.74. The normalized spacial score (nSPS) is 13.4. The fourth-order valence-corrected chi connectivity index (χ4v) is 3.20. The van der Waals surface area contributed by atoms with Crippen molar-refractivity contribution in [2.24, 2.45) is 0 Å². The molecule has 21 heavy (non-hydrogen) atoms. The predicted octanol–water partition coefficient (Wildman–Crippen LogP) is 4.81. The number of halogens is 1. The smallest absolute Gasteiger partial charge is 0.0982 e. The molecule has 0 saturated heterocycles. The largest absolute Gasteiger partial charge is 0.308 e. The molecule has 1 heterocycles. The van der Waals surface area contributed by atoms with E-state index in [1.807, 2.05) is 18.2 Å². The average molecular weight is 323 g/mol. The zero-order valence-corrected chi connectivity index (χ0v) is 14.7. The molecule has 0 aliphatic heterocycles. The Bertz CT molecular complexity index is 586. The van der Waals surface area contributed by atoms with Crippen LogP contribution in [0, 0.1) is 0 Å². The van der Waals surface area contributed by atoms with Crippen molar-refractivity contribution in [1.29, 1.82) is 0 Å². The number of nitrogens with one attached hydrogen (secondary N) is 1. The number of rotatable bonds is 5. The van der Waals surface area contributed by atoms with Crippen LogP contribution in [0.3, 0.4) is 0 Å². The molecule has 0 spiro atoms. The third-order valence-corrected chi connectivity index (χ3v) is 4.99. The first-order chi connectivity index (χ1) is 9.86. The molecule has 0 aliphatic carbocycles. The van der Waals surface area contributed by atoms with E-state index in [-0.39, 0.29) is 5.41 Å². The van der Waals surface area contributed by atoms with Gasteiger partial charge in [0.1, 0.15) is 0 Å². The molecule has 1 unspecified atom stereocenters. The lowest BCUT2D eigenvalue weighted by atomic mass is 9.98. The summed E-state index contributed by atoms with van der Waals surface area (Å²) in [6.07, 6.45) is 0.927. The van der Waals surface area contributed by atoms with Crippen LogP contribution in [-0.2, 0) is 18.4 Å². The molecule has 4 heteroatoms. The molecular formula is C17H23ClN2S. The molecule has 1 N–H and O–H groups in total. The van der Waals surface area contributed by atoms with Crippen LogP contribution in [0.5, 0.6) is 0 Å². The predicted molar refractivity (Wildman–Crippen MR) is 92.3 cm³/mol. The third kappa shape index (κ3) is 4.80. The molecule has 0 radical (unpaired) electrons. The summed E-state index contributed by atoms with van der Waals surface area (Å²) in [6, 6.07) is 8.39. The summed E-state index contributed by atoms with van der Waals surface area (Å²) in [5.74, 6) is 0. The van der Waals surface area contributed by atoms with E-state index in [9.17, 15) is 0 Å². The molecule has 2 rings (SSSR count). The van der Waals surface area contributed by atoms with E-state index < -0.39 is 0 Å². The Balaban J connectivity index is 1.88. The van der Waals surface area contributed by atoms with Crippen molar-refractivity contribution in [3.8, 4) is 0 Å². The maximum atomic E-state index is 6.20. The molecule has 1 aromatic carbocycles. The highest BCUT2D eigenvalue weighted by Gasteiger charge is 2.18. The van der Waals surface area contributed by atoms with E-state index in [0.717, 1.165) is 23.7 Å². The zero-order chi connectivity index (χ0) is 15.5. The second-order valence-electron chi connectivity index (χ2n) is 6.47. The van der Waals surface area contributed by atoms with Crippen molar-refractivity contribution in [2.75, 3.05) is 0 Å². The van der Waals surface area contributed by atoms with Crippen LogP contribution in [0.2, 0.25) is 5.02 Å². The Labute approximate surface area is 136 Å². The lowest BCUT2D eigenvalue weighted by molar-refractivity contribution is 0.535. The highest BCUT2D eigenvalue weighted by Crippen LogP contribution is 2.25. The number of benzene rings is 1. The summed E-state index contributed by atoms with van der Waals surface area (Å²) in [4.78, 5) is 4.71. The quantitative estimate of drug-likeness (QED) is 0.854. The van der Waals surface area contributed by atoms with Crippen molar-refractivity contribution in [1.82, 2.24) is 10.3 Å². The molecule has 0 bridgehead atoms. The number of hydrogen-bond donors (Lipinski definition) is 1.